The molecule has 2 aromatic carbocycles. The lowest BCUT2D eigenvalue weighted by atomic mass is 10.0. The molecule has 0 fully saturated rings. The lowest BCUT2D eigenvalue weighted by Crippen LogP contribution is -2.35. The number of amides is 1. The number of carbonyl (C=O) groups is 1. The van der Waals surface area contributed by atoms with Crippen molar-refractivity contribution >= 4 is 46.0 Å². The Morgan fingerprint density at radius 1 is 1.02 bits per heavy atom. The summed E-state index contributed by atoms with van der Waals surface area (Å²) in [5, 5.41) is 11.4. The van der Waals surface area contributed by atoms with Gasteiger partial charge in [0, 0.05) is 29.3 Å². The SMILES string of the molecule is O=C(Nc1ccc2[nH]ccc2n1)C(Cc1ccccc1)n1cnc(-c2cc(Cl)ccc2-n2cc(Cl)nn2)cc1=O. The normalized spacial score (nSPS) is 11.9. The fourth-order valence-corrected chi connectivity index (χ4v) is 4.73. The van der Waals surface area contributed by atoms with Crippen LogP contribution in [0.4, 0.5) is 5.82 Å². The number of rotatable bonds is 7. The molecule has 1 atom stereocenters. The Morgan fingerprint density at radius 2 is 1.88 bits per heavy atom. The first kappa shape index (κ1) is 25.5. The van der Waals surface area contributed by atoms with Gasteiger partial charge in [0.1, 0.15) is 11.9 Å². The van der Waals surface area contributed by atoms with E-state index in [2.05, 4.69) is 30.6 Å². The maximum atomic E-state index is 13.6. The van der Waals surface area contributed by atoms with Crippen molar-refractivity contribution in [1.82, 2.24) is 34.5 Å². The molecule has 4 aromatic heterocycles. The molecule has 0 spiro atoms. The van der Waals surface area contributed by atoms with Crippen LogP contribution in [-0.2, 0) is 11.2 Å². The second kappa shape index (κ2) is 10.8. The zero-order chi connectivity index (χ0) is 27.6. The number of hydrogen-bond donors (Lipinski definition) is 2. The van der Waals surface area contributed by atoms with E-state index in [4.69, 9.17) is 23.2 Å². The number of halogens is 2. The Bertz CT molecular complexity index is 1900. The largest absolute Gasteiger partial charge is 0.360 e. The zero-order valence-electron chi connectivity index (χ0n) is 20.7. The van der Waals surface area contributed by atoms with Crippen LogP contribution < -0.4 is 10.9 Å². The highest BCUT2D eigenvalue weighted by Gasteiger charge is 2.24. The molecule has 198 valence electrons. The Balaban J connectivity index is 1.37. The van der Waals surface area contributed by atoms with Gasteiger partial charge in [-0.3, -0.25) is 14.2 Å². The van der Waals surface area contributed by atoms with Crippen molar-refractivity contribution in [2.24, 2.45) is 0 Å². The van der Waals surface area contributed by atoms with Crippen molar-refractivity contribution in [2.75, 3.05) is 5.32 Å². The molecule has 0 bridgehead atoms. The van der Waals surface area contributed by atoms with E-state index in [9.17, 15) is 9.59 Å². The molecule has 0 saturated heterocycles. The van der Waals surface area contributed by atoms with Gasteiger partial charge in [-0.15, -0.1) is 5.10 Å². The molecule has 6 rings (SSSR count). The van der Waals surface area contributed by atoms with E-state index < -0.39 is 17.5 Å². The molecule has 0 aliphatic heterocycles. The van der Waals surface area contributed by atoms with Crippen LogP contribution >= 0.6 is 23.2 Å². The first-order valence-corrected chi connectivity index (χ1v) is 13.0. The van der Waals surface area contributed by atoms with Crippen LogP contribution in [0.3, 0.4) is 0 Å². The first-order valence-electron chi connectivity index (χ1n) is 12.2. The average Bonchev–Trinajstić information content (AvgIpc) is 3.61. The number of aromatic amines is 1. The number of hydrogen-bond acceptors (Lipinski definition) is 6. The number of nitrogens with one attached hydrogen (secondary N) is 2. The van der Waals surface area contributed by atoms with Crippen LogP contribution in [0.5, 0.6) is 0 Å². The molecule has 0 radical (unpaired) electrons. The quantitative estimate of drug-likeness (QED) is 0.275. The first-order chi connectivity index (χ1) is 19.4. The Kier molecular flexibility index (Phi) is 6.85. The molecule has 0 aliphatic rings. The fourth-order valence-electron chi connectivity index (χ4n) is 4.43. The minimum Gasteiger partial charge on any atom is -0.360 e. The van der Waals surface area contributed by atoms with Crippen LogP contribution in [0.1, 0.15) is 11.6 Å². The number of anilines is 1. The Hall–Kier alpha value is -4.80. The van der Waals surface area contributed by atoms with Gasteiger partial charge in [0.25, 0.3) is 5.56 Å². The van der Waals surface area contributed by atoms with E-state index >= 15 is 0 Å². The third-order valence-electron chi connectivity index (χ3n) is 6.35. The third kappa shape index (κ3) is 5.22. The van der Waals surface area contributed by atoms with Gasteiger partial charge in [0.15, 0.2) is 5.15 Å². The average molecular weight is 571 g/mol. The second-order valence-corrected chi connectivity index (χ2v) is 9.79. The molecule has 10 nitrogen and oxygen atoms in total. The van der Waals surface area contributed by atoms with E-state index in [1.165, 1.54) is 27.8 Å². The number of fused-ring (bicyclic) bond motifs is 1. The topological polar surface area (TPSA) is 123 Å². The van der Waals surface area contributed by atoms with Crippen LogP contribution in [0, 0.1) is 0 Å². The molecule has 0 saturated carbocycles. The predicted molar refractivity (Wildman–Crippen MR) is 153 cm³/mol. The number of aromatic nitrogens is 7. The molecule has 0 aliphatic carbocycles. The van der Waals surface area contributed by atoms with E-state index in [1.54, 1.807) is 30.5 Å². The highest BCUT2D eigenvalue weighted by Crippen LogP contribution is 2.28. The second-order valence-electron chi connectivity index (χ2n) is 8.97. The van der Waals surface area contributed by atoms with Gasteiger partial charge in [0.05, 0.1) is 34.9 Å². The number of nitrogens with zero attached hydrogens (tertiary/aromatic N) is 6. The van der Waals surface area contributed by atoms with Crippen molar-refractivity contribution in [3.63, 3.8) is 0 Å². The summed E-state index contributed by atoms with van der Waals surface area (Å²) < 4.78 is 2.79. The van der Waals surface area contributed by atoms with Gasteiger partial charge in [-0.05, 0) is 42.0 Å². The third-order valence-corrected chi connectivity index (χ3v) is 6.76. The maximum absolute atomic E-state index is 13.6. The van der Waals surface area contributed by atoms with E-state index in [1.807, 2.05) is 42.5 Å². The monoisotopic (exact) mass is 570 g/mol. The van der Waals surface area contributed by atoms with Crippen LogP contribution in [0.25, 0.3) is 28.0 Å². The van der Waals surface area contributed by atoms with Crippen molar-refractivity contribution in [2.45, 2.75) is 12.5 Å². The molecule has 12 heteroatoms. The summed E-state index contributed by atoms with van der Waals surface area (Å²) in [5.74, 6) is -0.0218. The van der Waals surface area contributed by atoms with Crippen LogP contribution in [0.2, 0.25) is 10.2 Å². The highest BCUT2D eigenvalue weighted by atomic mass is 35.5. The molecule has 4 heterocycles. The zero-order valence-corrected chi connectivity index (χ0v) is 22.2. The van der Waals surface area contributed by atoms with Crippen molar-refractivity contribution in [3.05, 3.63) is 118 Å². The van der Waals surface area contributed by atoms with Gasteiger partial charge in [-0.25, -0.2) is 14.6 Å². The molecule has 1 unspecified atom stereocenters. The molecule has 1 amide bonds. The molecular formula is C28H20Cl2N8O2. The van der Waals surface area contributed by atoms with E-state index in [0.717, 1.165) is 11.1 Å². The lowest BCUT2D eigenvalue weighted by molar-refractivity contribution is -0.119. The maximum Gasteiger partial charge on any atom is 0.254 e. The molecule has 40 heavy (non-hydrogen) atoms. The summed E-state index contributed by atoms with van der Waals surface area (Å²) in [6, 6.07) is 20.4. The Morgan fingerprint density at radius 3 is 2.65 bits per heavy atom. The summed E-state index contributed by atoms with van der Waals surface area (Å²) in [5.41, 5.74) is 3.51. The van der Waals surface area contributed by atoms with Gasteiger partial charge in [0.2, 0.25) is 5.91 Å². The smallest absolute Gasteiger partial charge is 0.254 e. The molecule has 2 N–H and O–H groups in total. The van der Waals surface area contributed by atoms with Crippen LogP contribution in [-0.4, -0.2) is 40.4 Å². The van der Waals surface area contributed by atoms with Gasteiger partial charge in [-0.1, -0.05) is 58.7 Å². The van der Waals surface area contributed by atoms with Crippen molar-refractivity contribution in [1.29, 1.82) is 0 Å². The fraction of sp³-hybridized carbons (Fsp3) is 0.0714. The van der Waals surface area contributed by atoms with Crippen molar-refractivity contribution < 1.29 is 4.79 Å². The number of pyridine rings is 1. The van der Waals surface area contributed by atoms with Gasteiger partial charge >= 0.3 is 0 Å². The standard InChI is InChI=1S/C28H20Cl2N8O2/c29-18-6-8-23(38-15-25(30)35-36-38)19(13-18)22-14-27(39)37(16-32-22)24(12-17-4-2-1-3-5-17)28(40)34-26-9-7-20-21(33-26)10-11-31-20/h1-11,13-16,24,31H,12H2,(H,33,34,40). The lowest BCUT2D eigenvalue weighted by Gasteiger charge is -2.20. The molecular weight excluding hydrogens is 551 g/mol. The van der Waals surface area contributed by atoms with Crippen molar-refractivity contribution in [3.8, 4) is 16.9 Å². The highest BCUT2D eigenvalue weighted by molar-refractivity contribution is 6.31. The van der Waals surface area contributed by atoms with Gasteiger partial charge < -0.3 is 10.3 Å². The summed E-state index contributed by atoms with van der Waals surface area (Å²) in [6.07, 6.45) is 4.94. The minimum atomic E-state index is -0.895. The number of benzene rings is 2. The van der Waals surface area contributed by atoms with E-state index in [-0.39, 0.29) is 11.6 Å². The van der Waals surface area contributed by atoms with E-state index in [0.29, 0.717) is 33.3 Å². The summed E-state index contributed by atoms with van der Waals surface area (Å²) in [7, 11) is 0. The summed E-state index contributed by atoms with van der Waals surface area (Å²) in [4.78, 5) is 39.2. The molecule has 6 aromatic rings. The summed E-state index contributed by atoms with van der Waals surface area (Å²) >= 11 is 12.2. The van der Waals surface area contributed by atoms with Gasteiger partial charge in [-0.2, -0.15) is 0 Å². The summed E-state index contributed by atoms with van der Waals surface area (Å²) in [6.45, 7) is 0. The minimum absolute atomic E-state index is 0.212. The van der Waals surface area contributed by atoms with Crippen LogP contribution in [0.15, 0.2) is 96.3 Å². The predicted octanol–water partition coefficient (Wildman–Crippen LogP) is 5.10. The Labute approximate surface area is 237 Å². The number of carbonyl (C=O) groups excluding carboxylic acids is 1. The number of H-pyrrole nitrogens is 1.